The molecule has 0 saturated carbocycles. The average Bonchev–Trinajstić information content (AvgIpc) is 3.11. The Morgan fingerprint density at radius 1 is 0.846 bits per heavy atom. The summed E-state index contributed by atoms with van der Waals surface area (Å²) in [5.41, 5.74) is 2.64. The average molecular weight is 363 g/mol. The van der Waals surface area contributed by atoms with Gasteiger partial charge in [-0.25, -0.2) is 4.98 Å². The fraction of sp³-hybridized carbons (Fsp3) is 0.261. The number of benzene rings is 3. The number of halogens is 1. The fourth-order valence-corrected chi connectivity index (χ4v) is 3.82. The minimum Gasteiger partial charge on any atom is -0.330 e. The molecule has 3 aromatic carbocycles. The molecule has 1 aromatic heterocycles. The van der Waals surface area contributed by atoms with Crippen LogP contribution in [0.1, 0.15) is 30.5 Å². The highest BCUT2D eigenvalue weighted by molar-refractivity contribution is 6.17. The maximum absolute atomic E-state index is 5.78. The van der Waals surface area contributed by atoms with Gasteiger partial charge in [-0.3, -0.25) is 0 Å². The van der Waals surface area contributed by atoms with Crippen LogP contribution in [0.15, 0.2) is 67.1 Å². The van der Waals surface area contributed by atoms with Crippen LogP contribution in [0.4, 0.5) is 0 Å². The van der Waals surface area contributed by atoms with Crippen molar-refractivity contribution in [1.82, 2.24) is 9.55 Å². The first-order valence-electron chi connectivity index (χ1n) is 9.30. The Morgan fingerprint density at radius 2 is 1.65 bits per heavy atom. The van der Waals surface area contributed by atoms with E-state index in [0.717, 1.165) is 25.3 Å². The van der Waals surface area contributed by atoms with E-state index in [4.69, 9.17) is 11.6 Å². The first kappa shape index (κ1) is 17.1. The van der Waals surface area contributed by atoms with Crippen LogP contribution in [0.5, 0.6) is 0 Å². The molecule has 0 aliphatic heterocycles. The van der Waals surface area contributed by atoms with Crippen molar-refractivity contribution in [2.24, 2.45) is 0 Å². The quantitative estimate of drug-likeness (QED) is 0.218. The van der Waals surface area contributed by atoms with Gasteiger partial charge in [0.15, 0.2) is 0 Å². The smallest absolute Gasteiger partial charge is 0.0951 e. The minimum atomic E-state index is 0.753. The lowest BCUT2D eigenvalue weighted by atomic mass is 9.99. The standard InChI is InChI=1S/C23H23ClN2/c24-12-5-1-2-11-22-15-25-17-26(22)16-21-10-6-9-20-13-18-7-3-4-8-19(18)14-23(20)21/h3-4,6-10,13-15,17H,1-2,5,11-12,16H2. The molecule has 0 bridgehead atoms. The number of aryl methyl sites for hydroxylation is 1. The van der Waals surface area contributed by atoms with Crippen molar-refractivity contribution in [2.45, 2.75) is 32.2 Å². The van der Waals surface area contributed by atoms with Gasteiger partial charge in [0.2, 0.25) is 0 Å². The Hall–Kier alpha value is -2.32. The predicted octanol–water partition coefficient (Wildman–Crippen LogP) is 6.19. The fourth-order valence-electron chi connectivity index (χ4n) is 3.63. The van der Waals surface area contributed by atoms with Crippen molar-refractivity contribution in [3.05, 3.63) is 78.4 Å². The summed E-state index contributed by atoms with van der Waals surface area (Å²) in [7, 11) is 0. The van der Waals surface area contributed by atoms with Crippen LogP contribution in [0.25, 0.3) is 21.5 Å². The maximum Gasteiger partial charge on any atom is 0.0951 e. The highest BCUT2D eigenvalue weighted by Gasteiger charge is 2.07. The SMILES string of the molecule is ClCCCCCc1cncn1Cc1cccc2cc3ccccc3cc12. The van der Waals surface area contributed by atoms with Crippen molar-refractivity contribution >= 4 is 33.1 Å². The first-order valence-corrected chi connectivity index (χ1v) is 9.84. The summed E-state index contributed by atoms with van der Waals surface area (Å²) < 4.78 is 2.28. The van der Waals surface area contributed by atoms with Gasteiger partial charge in [-0.15, -0.1) is 11.6 Å². The van der Waals surface area contributed by atoms with E-state index in [9.17, 15) is 0 Å². The van der Waals surface area contributed by atoms with E-state index in [1.807, 2.05) is 12.5 Å². The molecule has 0 radical (unpaired) electrons. The Bertz CT molecular complexity index is 1020. The molecule has 4 rings (SSSR count). The zero-order chi connectivity index (χ0) is 17.8. The van der Waals surface area contributed by atoms with E-state index in [1.54, 1.807) is 0 Å². The lowest BCUT2D eigenvalue weighted by Gasteiger charge is -2.12. The summed E-state index contributed by atoms with van der Waals surface area (Å²) in [5, 5.41) is 5.21. The Morgan fingerprint density at radius 3 is 2.50 bits per heavy atom. The summed E-state index contributed by atoms with van der Waals surface area (Å²) in [6, 6.07) is 19.8. The van der Waals surface area contributed by atoms with Crippen LogP contribution in [0, 0.1) is 0 Å². The summed E-state index contributed by atoms with van der Waals surface area (Å²) in [5.74, 6) is 0.753. The summed E-state index contributed by atoms with van der Waals surface area (Å²) in [6.45, 7) is 0.862. The third kappa shape index (κ3) is 3.61. The monoisotopic (exact) mass is 362 g/mol. The lowest BCUT2D eigenvalue weighted by molar-refractivity contribution is 0.669. The number of nitrogens with zero attached hydrogens (tertiary/aromatic N) is 2. The maximum atomic E-state index is 5.78. The summed E-state index contributed by atoms with van der Waals surface area (Å²) >= 11 is 5.78. The third-order valence-corrected chi connectivity index (χ3v) is 5.31. The van der Waals surface area contributed by atoms with Crippen molar-refractivity contribution < 1.29 is 0 Å². The van der Waals surface area contributed by atoms with Crippen LogP contribution in [0.2, 0.25) is 0 Å². The van der Waals surface area contributed by atoms with E-state index in [0.29, 0.717) is 0 Å². The van der Waals surface area contributed by atoms with Crippen LogP contribution in [-0.4, -0.2) is 15.4 Å². The largest absolute Gasteiger partial charge is 0.330 e. The van der Waals surface area contributed by atoms with Gasteiger partial charge in [0.05, 0.1) is 6.33 Å². The molecular weight excluding hydrogens is 340 g/mol. The number of rotatable bonds is 7. The predicted molar refractivity (Wildman–Crippen MR) is 111 cm³/mol. The van der Waals surface area contributed by atoms with Gasteiger partial charge in [-0.05, 0) is 58.5 Å². The molecule has 0 fully saturated rings. The first-order chi connectivity index (χ1) is 12.8. The molecule has 1 heterocycles. The molecule has 0 N–H and O–H groups in total. The molecule has 3 heteroatoms. The third-order valence-electron chi connectivity index (χ3n) is 5.04. The van der Waals surface area contributed by atoms with Gasteiger partial charge in [-0.2, -0.15) is 0 Å². The van der Waals surface area contributed by atoms with Crippen molar-refractivity contribution in [2.75, 3.05) is 5.88 Å². The van der Waals surface area contributed by atoms with Crippen molar-refractivity contribution in [3.8, 4) is 0 Å². The summed E-state index contributed by atoms with van der Waals surface area (Å²) in [6.07, 6.45) is 8.45. The second-order valence-corrected chi connectivity index (χ2v) is 7.23. The second-order valence-electron chi connectivity index (χ2n) is 6.85. The normalized spacial score (nSPS) is 11.4. The van der Waals surface area contributed by atoms with Crippen LogP contribution in [0.3, 0.4) is 0 Å². The molecule has 132 valence electrons. The van der Waals surface area contributed by atoms with Gasteiger partial charge in [-0.1, -0.05) is 48.9 Å². The summed E-state index contributed by atoms with van der Waals surface area (Å²) in [4.78, 5) is 4.38. The van der Waals surface area contributed by atoms with Gasteiger partial charge in [0.25, 0.3) is 0 Å². The number of unbranched alkanes of at least 4 members (excludes halogenated alkanes) is 2. The Labute approximate surface area is 159 Å². The zero-order valence-corrected chi connectivity index (χ0v) is 15.6. The Balaban J connectivity index is 1.63. The molecule has 4 aromatic rings. The molecule has 0 unspecified atom stereocenters. The van der Waals surface area contributed by atoms with E-state index < -0.39 is 0 Å². The molecule has 0 atom stereocenters. The number of fused-ring (bicyclic) bond motifs is 2. The van der Waals surface area contributed by atoms with Crippen LogP contribution < -0.4 is 0 Å². The van der Waals surface area contributed by atoms with E-state index in [2.05, 4.69) is 64.1 Å². The van der Waals surface area contributed by atoms with Crippen LogP contribution in [-0.2, 0) is 13.0 Å². The lowest BCUT2D eigenvalue weighted by Crippen LogP contribution is -2.04. The molecule has 0 amide bonds. The van der Waals surface area contributed by atoms with E-state index >= 15 is 0 Å². The van der Waals surface area contributed by atoms with E-state index in [1.165, 1.54) is 45.6 Å². The van der Waals surface area contributed by atoms with Gasteiger partial charge in [0, 0.05) is 24.3 Å². The topological polar surface area (TPSA) is 17.8 Å². The minimum absolute atomic E-state index is 0.753. The molecule has 0 aliphatic carbocycles. The zero-order valence-electron chi connectivity index (χ0n) is 14.9. The molecule has 0 spiro atoms. The van der Waals surface area contributed by atoms with E-state index in [-0.39, 0.29) is 0 Å². The molecular formula is C23H23ClN2. The highest BCUT2D eigenvalue weighted by Crippen LogP contribution is 2.26. The van der Waals surface area contributed by atoms with Crippen molar-refractivity contribution in [3.63, 3.8) is 0 Å². The van der Waals surface area contributed by atoms with Crippen molar-refractivity contribution in [1.29, 1.82) is 0 Å². The molecule has 0 saturated heterocycles. The highest BCUT2D eigenvalue weighted by atomic mass is 35.5. The number of alkyl halides is 1. The van der Waals surface area contributed by atoms with Gasteiger partial charge < -0.3 is 4.57 Å². The number of hydrogen-bond donors (Lipinski definition) is 0. The van der Waals surface area contributed by atoms with Crippen LogP contribution >= 0.6 is 11.6 Å². The Kier molecular flexibility index (Phi) is 5.21. The number of hydrogen-bond acceptors (Lipinski definition) is 1. The van der Waals surface area contributed by atoms with Gasteiger partial charge in [0.1, 0.15) is 0 Å². The second kappa shape index (κ2) is 7.92. The molecule has 0 aliphatic rings. The molecule has 26 heavy (non-hydrogen) atoms. The number of imidazole rings is 1. The number of aromatic nitrogens is 2. The molecule has 2 nitrogen and oxygen atoms in total. The van der Waals surface area contributed by atoms with Gasteiger partial charge >= 0.3 is 0 Å².